The largest absolute Gasteiger partial charge is 0.326 e. The number of nitrogens with zero attached hydrogens (tertiary/aromatic N) is 2. The summed E-state index contributed by atoms with van der Waals surface area (Å²) >= 11 is 5.92. The molecule has 4 rings (SSSR count). The Hall–Kier alpha value is -3.12. The molecule has 0 radical (unpaired) electrons. The van der Waals surface area contributed by atoms with Crippen molar-refractivity contribution in [1.82, 2.24) is 9.78 Å². The minimum atomic E-state index is -0.199. The summed E-state index contributed by atoms with van der Waals surface area (Å²) in [6, 6.07) is 17.0. The van der Waals surface area contributed by atoms with Crippen molar-refractivity contribution in [2.45, 2.75) is 25.8 Å². The second-order valence-corrected chi connectivity index (χ2v) is 7.57. The first-order chi connectivity index (χ1) is 14.1. The molecular weight excluding hydrogens is 388 g/mol. The molecule has 2 amide bonds. The van der Waals surface area contributed by atoms with E-state index in [1.807, 2.05) is 48.5 Å². The quantitative estimate of drug-likeness (QED) is 0.644. The lowest BCUT2D eigenvalue weighted by Crippen LogP contribution is -2.30. The van der Waals surface area contributed by atoms with E-state index in [9.17, 15) is 9.59 Å². The zero-order valence-corrected chi connectivity index (χ0v) is 16.5. The van der Waals surface area contributed by atoms with Gasteiger partial charge in [-0.3, -0.25) is 9.59 Å². The molecule has 2 heterocycles. The van der Waals surface area contributed by atoms with Crippen LogP contribution in [0, 0.1) is 5.92 Å². The van der Waals surface area contributed by atoms with Gasteiger partial charge in [0.2, 0.25) is 11.8 Å². The topological polar surface area (TPSA) is 76.0 Å². The zero-order chi connectivity index (χ0) is 20.2. The molecule has 1 unspecified atom stereocenters. The molecule has 1 aliphatic rings. The molecule has 29 heavy (non-hydrogen) atoms. The minimum absolute atomic E-state index is 0.0238. The van der Waals surface area contributed by atoms with E-state index in [2.05, 4.69) is 15.7 Å². The first kappa shape index (κ1) is 19.2. The number of aromatic nitrogens is 2. The summed E-state index contributed by atoms with van der Waals surface area (Å²) in [5.74, 6) is 0.275. The Balaban J connectivity index is 1.33. The number of anilines is 2. The van der Waals surface area contributed by atoms with E-state index in [0.717, 1.165) is 16.8 Å². The molecule has 3 aromatic rings. The molecule has 6 nitrogen and oxygen atoms in total. The van der Waals surface area contributed by atoms with E-state index in [1.54, 1.807) is 16.9 Å². The molecule has 2 aromatic carbocycles. The van der Waals surface area contributed by atoms with Crippen LogP contribution in [0.1, 0.15) is 24.0 Å². The number of fused-ring (bicyclic) bond motifs is 1. The second-order valence-electron chi connectivity index (χ2n) is 7.13. The summed E-state index contributed by atoms with van der Waals surface area (Å²) in [5.41, 5.74) is 3.01. The summed E-state index contributed by atoms with van der Waals surface area (Å²) in [4.78, 5) is 24.8. The average molecular weight is 409 g/mol. The van der Waals surface area contributed by atoms with Crippen molar-refractivity contribution in [3.63, 3.8) is 0 Å². The van der Waals surface area contributed by atoms with Crippen LogP contribution in [-0.2, 0) is 22.6 Å². The highest BCUT2D eigenvalue weighted by Gasteiger charge is 2.26. The van der Waals surface area contributed by atoms with Crippen molar-refractivity contribution in [3.05, 3.63) is 76.9 Å². The number of hydrogen-bond donors (Lipinski definition) is 2. The summed E-state index contributed by atoms with van der Waals surface area (Å²) in [7, 11) is 0. The number of hydrogen-bond acceptors (Lipinski definition) is 3. The molecule has 2 N–H and O–H groups in total. The lowest BCUT2D eigenvalue weighted by molar-refractivity contribution is -0.121. The van der Waals surface area contributed by atoms with Gasteiger partial charge in [0.05, 0.1) is 12.7 Å². The third-order valence-electron chi connectivity index (χ3n) is 5.06. The Morgan fingerprint density at radius 3 is 2.79 bits per heavy atom. The van der Waals surface area contributed by atoms with Gasteiger partial charge in [-0.2, -0.15) is 5.10 Å². The molecule has 0 aliphatic carbocycles. The fraction of sp³-hybridized carbons (Fsp3) is 0.227. The number of amides is 2. The van der Waals surface area contributed by atoms with Crippen LogP contribution in [0.15, 0.2) is 60.8 Å². The lowest BCUT2D eigenvalue weighted by atomic mass is 9.89. The van der Waals surface area contributed by atoms with Gasteiger partial charge in [0.15, 0.2) is 0 Å². The van der Waals surface area contributed by atoms with E-state index in [4.69, 9.17) is 11.6 Å². The average Bonchev–Trinajstić information content (AvgIpc) is 3.14. The molecule has 1 aromatic heterocycles. The summed E-state index contributed by atoms with van der Waals surface area (Å²) in [5, 5.41) is 10.8. The van der Waals surface area contributed by atoms with Crippen molar-refractivity contribution in [2.24, 2.45) is 5.92 Å². The predicted octanol–water partition coefficient (Wildman–Crippen LogP) is 4.11. The first-order valence-corrected chi connectivity index (χ1v) is 9.91. The fourth-order valence-corrected chi connectivity index (χ4v) is 3.61. The van der Waals surface area contributed by atoms with E-state index < -0.39 is 0 Å². The Kier molecular flexibility index (Phi) is 5.62. The highest BCUT2D eigenvalue weighted by molar-refractivity contribution is 6.30. The van der Waals surface area contributed by atoms with Crippen molar-refractivity contribution >= 4 is 34.9 Å². The van der Waals surface area contributed by atoms with Crippen LogP contribution in [0.25, 0.3) is 0 Å². The number of carbonyl (C=O) groups excluding carboxylic acids is 2. The maximum atomic E-state index is 12.5. The molecule has 0 spiro atoms. The number of rotatable bonds is 6. The van der Waals surface area contributed by atoms with E-state index >= 15 is 0 Å². The number of carbonyl (C=O) groups is 2. The highest BCUT2D eigenvalue weighted by atomic mass is 35.5. The standard InChI is InChI=1S/C22H21ClN4O2/c23-18-8-5-15(6-9-18)14-27-20(11-12-24-27)26-21(28)10-7-17-13-16-3-1-2-4-19(16)25-22(17)29/h1-6,8-9,11-12,17H,7,10,13-14H2,(H,25,29)(H,26,28). The Labute approximate surface area is 173 Å². The van der Waals surface area contributed by atoms with Gasteiger partial charge in [-0.15, -0.1) is 0 Å². The smallest absolute Gasteiger partial charge is 0.227 e. The molecule has 0 bridgehead atoms. The first-order valence-electron chi connectivity index (χ1n) is 9.53. The molecule has 0 saturated carbocycles. The highest BCUT2D eigenvalue weighted by Crippen LogP contribution is 2.27. The van der Waals surface area contributed by atoms with Crippen molar-refractivity contribution in [2.75, 3.05) is 10.6 Å². The van der Waals surface area contributed by atoms with Crippen molar-refractivity contribution in [3.8, 4) is 0 Å². The van der Waals surface area contributed by atoms with Gasteiger partial charge in [-0.1, -0.05) is 41.9 Å². The van der Waals surface area contributed by atoms with Gasteiger partial charge < -0.3 is 10.6 Å². The fourth-order valence-electron chi connectivity index (χ4n) is 3.48. The number of halogens is 1. The lowest BCUT2D eigenvalue weighted by Gasteiger charge is -2.24. The third kappa shape index (κ3) is 4.66. The summed E-state index contributed by atoms with van der Waals surface area (Å²) in [6.07, 6.45) is 3.07. The molecule has 0 saturated heterocycles. The SMILES string of the molecule is O=C(CCC1Cc2ccccc2NC1=O)Nc1ccnn1Cc1ccc(Cl)cc1. The normalized spacial score (nSPS) is 15.5. The number of nitrogens with one attached hydrogen (secondary N) is 2. The molecule has 7 heteroatoms. The van der Waals surface area contributed by atoms with Gasteiger partial charge >= 0.3 is 0 Å². The predicted molar refractivity (Wildman–Crippen MR) is 113 cm³/mol. The molecular formula is C22H21ClN4O2. The second kappa shape index (κ2) is 8.49. The maximum Gasteiger partial charge on any atom is 0.227 e. The monoisotopic (exact) mass is 408 g/mol. The molecule has 148 valence electrons. The number of benzene rings is 2. The van der Waals surface area contributed by atoms with Crippen LogP contribution in [0.4, 0.5) is 11.5 Å². The van der Waals surface area contributed by atoms with Crippen LogP contribution >= 0.6 is 11.6 Å². The molecule has 1 atom stereocenters. The third-order valence-corrected chi connectivity index (χ3v) is 5.31. The minimum Gasteiger partial charge on any atom is -0.326 e. The summed E-state index contributed by atoms with van der Waals surface area (Å²) in [6.45, 7) is 0.529. The van der Waals surface area contributed by atoms with Crippen molar-refractivity contribution < 1.29 is 9.59 Å². The van der Waals surface area contributed by atoms with Gasteiger partial charge in [-0.25, -0.2) is 4.68 Å². The van der Waals surface area contributed by atoms with Crippen LogP contribution in [-0.4, -0.2) is 21.6 Å². The van der Waals surface area contributed by atoms with Crippen LogP contribution in [0.3, 0.4) is 0 Å². The number of para-hydroxylation sites is 1. The van der Waals surface area contributed by atoms with Gasteiger partial charge in [0.25, 0.3) is 0 Å². The molecule has 0 fully saturated rings. The van der Waals surface area contributed by atoms with Crippen molar-refractivity contribution in [1.29, 1.82) is 0 Å². The Bertz CT molecular complexity index is 1030. The van der Waals surface area contributed by atoms with E-state index in [0.29, 0.717) is 30.2 Å². The van der Waals surface area contributed by atoms with Gasteiger partial charge in [0.1, 0.15) is 5.82 Å². The van der Waals surface area contributed by atoms with Crippen LogP contribution in [0.2, 0.25) is 5.02 Å². The summed E-state index contributed by atoms with van der Waals surface area (Å²) < 4.78 is 1.73. The van der Waals surface area contributed by atoms with Gasteiger partial charge in [-0.05, 0) is 42.2 Å². The van der Waals surface area contributed by atoms with E-state index in [-0.39, 0.29) is 24.2 Å². The molecule has 1 aliphatic heterocycles. The van der Waals surface area contributed by atoms with Gasteiger partial charge in [0, 0.05) is 29.1 Å². The maximum absolute atomic E-state index is 12.5. The Morgan fingerprint density at radius 1 is 1.17 bits per heavy atom. The zero-order valence-electron chi connectivity index (χ0n) is 15.8. The van der Waals surface area contributed by atoms with Crippen LogP contribution in [0.5, 0.6) is 0 Å². The van der Waals surface area contributed by atoms with Crippen LogP contribution < -0.4 is 10.6 Å². The van der Waals surface area contributed by atoms with E-state index in [1.165, 1.54) is 0 Å². The Morgan fingerprint density at radius 2 is 1.97 bits per heavy atom.